The third-order valence-corrected chi connectivity index (χ3v) is 1.35. The summed E-state index contributed by atoms with van der Waals surface area (Å²) in [6, 6.07) is 0. The molecule has 0 amide bonds. The largest absolute Gasteiger partial charge is 0.441 e. The Hall–Kier alpha value is -1.31. The standard InChI is InChI=1S/C9H11NO/c1-4-6-8-7(3)11-9(5-2)10-8/h4-6H,2H2,1,3H3. The zero-order valence-electron chi connectivity index (χ0n) is 6.79. The average molecular weight is 149 g/mol. The molecule has 1 rings (SSSR count). The highest BCUT2D eigenvalue weighted by molar-refractivity contribution is 5.48. The van der Waals surface area contributed by atoms with E-state index in [0.717, 1.165) is 11.5 Å². The van der Waals surface area contributed by atoms with Crippen molar-refractivity contribution in [2.24, 2.45) is 0 Å². The fraction of sp³-hybridized carbons (Fsp3) is 0.222. The lowest BCUT2D eigenvalue weighted by atomic mass is 10.3. The second kappa shape index (κ2) is 3.19. The zero-order valence-corrected chi connectivity index (χ0v) is 6.79. The van der Waals surface area contributed by atoms with Gasteiger partial charge in [-0.1, -0.05) is 12.7 Å². The minimum absolute atomic E-state index is 0.579. The van der Waals surface area contributed by atoms with Crippen molar-refractivity contribution in [3.8, 4) is 0 Å². The van der Waals surface area contributed by atoms with Crippen LogP contribution in [0.1, 0.15) is 24.3 Å². The Morgan fingerprint density at radius 2 is 2.27 bits per heavy atom. The molecule has 58 valence electrons. The molecule has 0 radical (unpaired) electrons. The molecule has 0 saturated carbocycles. The van der Waals surface area contributed by atoms with Gasteiger partial charge in [0.25, 0.3) is 0 Å². The molecule has 0 bridgehead atoms. The lowest BCUT2D eigenvalue weighted by molar-refractivity contribution is 0.516. The Kier molecular flexibility index (Phi) is 2.26. The molecule has 0 aliphatic rings. The van der Waals surface area contributed by atoms with Crippen LogP contribution in [0.4, 0.5) is 0 Å². The van der Waals surface area contributed by atoms with Crippen molar-refractivity contribution < 1.29 is 4.42 Å². The van der Waals surface area contributed by atoms with Crippen LogP contribution in [0.5, 0.6) is 0 Å². The van der Waals surface area contributed by atoms with E-state index in [4.69, 9.17) is 4.42 Å². The zero-order chi connectivity index (χ0) is 8.27. The normalized spacial score (nSPS) is 10.7. The maximum absolute atomic E-state index is 5.24. The van der Waals surface area contributed by atoms with Gasteiger partial charge in [-0.05, 0) is 26.0 Å². The van der Waals surface area contributed by atoms with Gasteiger partial charge in [-0.15, -0.1) is 0 Å². The molecular weight excluding hydrogens is 138 g/mol. The number of hydrogen-bond donors (Lipinski definition) is 0. The van der Waals surface area contributed by atoms with E-state index in [1.165, 1.54) is 0 Å². The van der Waals surface area contributed by atoms with Gasteiger partial charge in [0.15, 0.2) is 0 Å². The first-order chi connectivity index (χ1) is 5.27. The van der Waals surface area contributed by atoms with Gasteiger partial charge in [-0.3, -0.25) is 0 Å². The lowest BCUT2D eigenvalue weighted by Crippen LogP contribution is -1.73. The predicted octanol–water partition coefficient (Wildman–Crippen LogP) is 2.66. The van der Waals surface area contributed by atoms with Crippen LogP contribution in [-0.2, 0) is 0 Å². The number of hydrogen-bond acceptors (Lipinski definition) is 2. The molecule has 0 spiro atoms. The third-order valence-electron chi connectivity index (χ3n) is 1.35. The molecule has 0 fully saturated rings. The molecule has 1 aromatic rings. The number of allylic oxidation sites excluding steroid dienone is 1. The van der Waals surface area contributed by atoms with Gasteiger partial charge >= 0.3 is 0 Å². The molecule has 0 aliphatic carbocycles. The van der Waals surface area contributed by atoms with Crippen molar-refractivity contribution in [2.75, 3.05) is 0 Å². The van der Waals surface area contributed by atoms with Crippen LogP contribution in [0.3, 0.4) is 0 Å². The number of rotatable bonds is 2. The summed E-state index contributed by atoms with van der Waals surface area (Å²) >= 11 is 0. The molecule has 0 aliphatic heterocycles. The molecule has 0 saturated heterocycles. The van der Waals surface area contributed by atoms with Crippen LogP contribution in [0.25, 0.3) is 12.2 Å². The first kappa shape index (κ1) is 7.79. The van der Waals surface area contributed by atoms with Crippen molar-refractivity contribution in [1.82, 2.24) is 4.98 Å². The van der Waals surface area contributed by atoms with Crippen LogP contribution >= 0.6 is 0 Å². The maximum atomic E-state index is 5.24. The van der Waals surface area contributed by atoms with Crippen LogP contribution in [-0.4, -0.2) is 4.98 Å². The third kappa shape index (κ3) is 1.58. The van der Waals surface area contributed by atoms with Gasteiger partial charge in [-0.2, -0.15) is 0 Å². The summed E-state index contributed by atoms with van der Waals surface area (Å²) in [5.74, 6) is 1.41. The van der Waals surface area contributed by atoms with Crippen LogP contribution in [0.15, 0.2) is 17.1 Å². The Balaban J connectivity index is 3.06. The van der Waals surface area contributed by atoms with Crippen molar-refractivity contribution in [2.45, 2.75) is 13.8 Å². The van der Waals surface area contributed by atoms with E-state index in [0.29, 0.717) is 5.89 Å². The minimum atomic E-state index is 0.579. The molecule has 1 aromatic heterocycles. The van der Waals surface area contributed by atoms with Gasteiger partial charge in [-0.25, -0.2) is 4.98 Å². The Bertz CT molecular complexity index is 284. The first-order valence-electron chi connectivity index (χ1n) is 3.50. The Morgan fingerprint density at radius 1 is 1.55 bits per heavy atom. The molecule has 0 N–H and O–H groups in total. The highest BCUT2D eigenvalue weighted by Gasteiger charge is 2.01. The van der Waals surface area contributed by atoms with Crippen LogP contribution in [0, 0.1) is 6.92 Å². The van der Waals surface area contributed by atoms with Gasteiger partial charge in [0.2, 0.25) is 5.89 Å². The summed E-state index contributed by atoms with van der Waals surface area (Å²) in [5.41, 5.74) is 0.877. The van der Waals surface area contributed by atoms with E-state index in [9.17, 15) is 0 Å². The highest BCUT2D eigenvalue weighted by Crippen LogP contribution is 2.11. The fourth-order valence-electron chi connectivity index (χ4n) is 0.829. The van der Waals surface area contributed by atoms with E-state index >= 15 is 0 Å². The van der Waals surface area contributed by atoms with Gasteiger partial charge in [0.1, 0.15) is 11.5 Å². The summed E-state index contributed by atoms with van der Waals surface area (Å²) in [4.78, 5) is 4.15. The van der Waals surface area contributed by atoms with Crippen molar-refractivity contribution in [3.63, 3.8) is 0 Å². The van der Waals surface area contributed by atoms with E-state index in [-0.39, 0.29) is 0 Å². The van der Waals surface area contributed by atoms with Gasteiger partial charge in [0, 0.05) is 0 Å². The second-order valence-electron chi connectivity index (χ2n) is 2.20. The first-order valence-corrected chi connectivity index (χ1v) is 3.50. The number of nitrogens with zero attached hydrogens (tertiary/aromatic N) is 1. The molecule has 0 unspecified atom stereocenters. The number of aryl methyl sites for hydroxylation is 1. The van der Waals surface area contributed by atoms with Crippen LogP contribution < -0.4 is 0 Å². The number of oxazole rings is 1. The van der Waals surface area contributed by atoms with Gasteiger partial charge in [0.05, 0.1) is 0 Å². The van der Waals surface area contributed by atoms with Crippen molar-refractivity contribution in [1.29, 1.82) is 0 Å². The molecule has 11 heavy (non-hydrogen) atoms. The predicted molar refractivity (Wildman–Crippen MR) is 46.0 cm³/mol. The quantitative estimate of drug-likeness (QED) is 0.646. The van der Waals surface area contributed by atoms with Gasteiger partial charge < -0.3 is 4.42 Å². The molecule has 2 heteroatoms. The monoisotopic (exact) mass is 149 g/mol. The van der Waals surface area contributed by atoms with E-state index in [2.05, 4.69) is 11.6 Å². The molecular formula is C9H11NO. The van der Waals surface area contributed by atoms with Crippen LogP contribution in [0.2, 0.25) is 0 Å². The second-order valence-corrected chi connectivity index (χ2v) is 2.20. The van der Waals surface area contributed by atoms with E-state index < -0.39 is 0 Å². The van der Waals surface area contributed by atoms with E-state index in [1.807, 2.05) is 26.0 Å². The smallest absolute Gasteiger partial charge is 0.218 e. The SMILES string of the molecule is C=Cc1nc(C=CC)c(C)o1. The lowest BCUT2D eigenvalue weighted by Gasteiger charge is -1.81. The molecule has 1 heterocycles. The summed E-state index contributed by atoms with van der Waals surface area (Å²) in [6.07, 6.45) is 5.43. The van der Waals surface area contributed by atoms with Crippen molar-refractivity contribution >= 4 is 12.2 Å². The fourth-order valence-corrected chi connectivity index (χ4v) is 0.829. The number of aromatic nitrogens is 1. The minimum Gasteiger partial charge on any atom is -0.441 e. The summed E-state index contributed by atoms with van der Waals surface area (Å²) in [6.45, 7) is 7.40. The molecule has 2 nitrogen and oxygen atoms in total. The van der Waals surface area contributed by atoms with Crippen molar-refractivity contribution in [3.05, 3.63) is 30.0 Å². The summed E-state index contributed by atoms with van der Waals surface area (Å²) in [5, 5.41) is 0. The molecule has 0 aromatic carbocycles. The Morgan fingerprint density at radius 3 is 2.73 bits per heavy atom. The molecule has 0 atom stereocenters. The highest BCUT2D eigenvalue weighted by atomic mass is 16.4. The summed E-state index contributed by atoms with van der Waals surface area (Å²) in [7, 11) is 0. The summed E-state index contributed by atoms with van der Waals surface area (Å²) < 4.78 is 5.24. The maximum Gasteiger partial charge on any atom is 0.218 e. The average Bonchev–Trinajstić information content (AvgIpc) is 2.33. The van der Waals surface area contributed by atoms with E-state index in [1.54, 1.807) is 6.08 Å². The Labute approximate surface area is 66.3 Å². The topological polar surface area (TPSA) is 26.0 Å².